The van der Waals surface area contributed by atoms with Gasteiger partial charge in [0.15, 0.2) is 0 Å². The first-order valence-electron chi connectivity index (χ1n) is 8.97. The van der Waals surface area contributed by atoms with E-state index in [0.29, 0.717) is 0 Å². The normalized spacial score (nSPS) is 45.4. The topological polar surface area (TPSA) is 0 Å². The molecular formula is C20H26. The fourth-order valence-corrected chi connectivity index (χ4v) is 6.44. The molecule has 4 aliphatic rings. The smallest absolute Gasteiger partial charge is 0.0128 e. The first-order chi connectivity index (χ1) is 9.88. The summed E-state index contributed by atoms with van der Waals surface area (Å²) in [5.74, 6) is 6.03. The summed E-state index contributed by atoms with van der Waals surface area (Å²) < 4.78 is 0. The van der Waals surface area contributed by atoms with Crippen LogP contribution in [0.1, 0.15) is 74.3 Å². The number of hydrogen-bond acceptors (Lipinski definition) is 0. The van der Waals surface area contributed by atoms with E-state index in [1.165, 1.54) is 51.4 Å². The molecule has 0 nitrogen and oxygen atoms in total. The van der Waals surface area contributed by atoms with E-state index in [-0.39, 0.29) is 0 Å². The fourth-order valence-electron chi connectivity index (χ4n) is 6.44. The molecule has 4 bridgehead atoms. The Hall–Kier alpha value is -0.780. The van der Waals surface area contributed by atoms with Gasteiger partial charge in [0.1, 0.15) is 0 Å². The first kappa shape index (κ1) is 11.8. The van der Waals surface area contributed by atoms with Crippen molar-refractivity contribution in [1.82, 2.24) is 0 Å². The quantitative estimate of drug-likeness (QED) is 0.663. The zero-order chi connectivity index (χ0) is 13.1. The molecule has 5 rings (SSSR count). The Bertz CT molecular complexity index is 470. The standard InChI is InChI=1S/C20H26/c1-2-4-18(20-12-14-6-8-16(20)10-14)17(3-1)19-11-13-5-7-15(19)9-13/h1-4,13-16,19-20H,5-12H2. The Morgan fingerprint density at radius 2 is 1.10 bits per heavy atom. The Kier molecular flexibility index (Phi) is 2.58. The highest BCUT2D eigenvalue weighted by atomic mass is 14.5. The highest BCUT2D eigenvalue weighted by Gasteiger charge is 2.44. The summed E-state index contributed by atoms with van der Waals surface area (Å²) in [6.07, 6.45) is 12.2. The zero-order valence-electron chi connectivity index (χ0n) is 12.4. The van der Waals surface area contributed by atoms with Crippen molar-refractivity contribution in [2.45, 2.75) is 63.2 Å². The van der Waals surface area contributed by atoms with Crippen LogP contribution < -0.4 is 0 Å². The van der Waals surface area contributed by atoms with E-state index in [0.717, 1.165) is 35.5 Å². The average molecular weight is 266 g/mol. The second-order valence-corrected chi connectivity index (χ2v) is 8.19. The van der Waals surface area contributed by atoms with Gasteiger partial charge >= 0.3 is 0 Å². The number of fused-ring (bicyclic) bond motifs is 4. The van der Waals surface area contributed by atoms with E-state index in [1.54, 1.807) is 11.1 Å². The van der Waals surface area contributed by atoms with E-state index in [9.17, 15) is 0 Å². The van der Waals surface area contributed by atoms with Gasteiger partial charge in [-0.2, -0.15) is 0 Å². The summed E-state index contributed by atoms with van der Waals surface area (Å²) in [4.78, 5) is 0. The van der Waals surface area contributed by atoms with Gasteiger partial charge in [-0.15, -0.1) is 0 Å². The molecule has 0 radical (unpaired) electrons. The molecule has 4 saturated carbocycles. The van der Waals surface area contributed by atoms with Crippen molar-refractivity contribution in [3.63, 3.8) is 0 Å². The second kappa shape index (κ2) is 4.36. The lowest BCUT2D eigenvalue weighted by Crippen LogP contribution is -2.15. The maximum atomic E-state index is 2.49. The number of rotatable bonds is 2. The molecule has 4 fully saturated rings. The molecular weight excluding hydrogens is 240 g/mol. The predicted octanol–water partition coefficient (Wildman–Crippen LogP) is 5.49. The van der Waals surface area contributed by atoms with Gasteiger partial charge in [-0.1, -0.05) is 37.1 Å². The van der Waals surface area contributed by atoms with Crippen LogP contribution in [0.25, 0.3) is 0 Å². The monoisotopic (exact) mass is 266 g/mol. The van der Waals surface area contributed by atoms with Gasteiger partial charge in [0, 0.05) is 0 Å². The molecule has 0 aliphatic heterocycles. The molecule has 1 aromatic carbocycles. The van der Waals surface area contributed by atoms with E-state index < -0.39 is 0 Å². The summed E-state index contributed by atoms with van der Waals surface area (Å²) in [7, 11) is 0. The minimum Gasteiger partial charge on any atom is -0.0620 e. The van der Waals surface area contributed by atoms with Crippen LogP contribution in [0.5, 0.6) is 0 Å². The molecule has 0 spiro atoms. The van der Waals surface area contributed by atoms with Crippen molar-refractivity contribution in [2.24, 2.45) is 23.7 Å². The molecule has 0 heterocycles. The second-order valence-electron chi connectivity index (χ2n) is 8.19. The van der Waals surface area contributed by atoms with Crippen LogP contribution in [0.15, 0.2) is 24.3 Å². The zero-order valence-corrected chi connectivity index (χ0v) is 12.4. The lowest BCUT2D eigenvalue weighted by molar-refractivity contribution is 0.395. The van der Waals surface area contributed by atoms with Gasteiger partial charge < -0.3 is 0 Å². The summed E-state index contributed by atoms with van der Waals surface area (Å²) in [6.45, 7) is 0. The SMILES string of the molecule is c1ccc(C2CC3CCC2C3)c(C2CC3CCC2C3)c1. The fraction of sp³-hybridized carbons (Fsp3) is 0.700. The van der Waals surface area contributed by atoms with Crippen molar-refractivity contribution < 1.29 is 0 Å². The lowest BCUT2D eigenvalue weighted by Gasteiger charge is -2.30. The van der Waals surface area contributed by atoms with E-state index >= 15 is 0 Å². The Morgan fingerprint density at radius 3 is 1.45 bits per heavy atom. The summed E-state index contributed by atoms with van der Waals surface area (Å²) in [5.41, 5.74) is 3.55. The van der Waals surface area contributed by atoms with Crippen LogP contribution in [0.3, 0.4) is 0 Å². The van der Waals surface area contributed by atoms with Crippen molar-refractivity contribution in [3.05, 3.63) is 35.4 Å². The molecule has 0 amide bonds. The minimum atomic E-state index is 0.920. The van der Waals surface area contributed by atoms with E-state index in [4.69, 9.17) is 0 Å². The maximum Gasteiger partial charge on any atom is -0.0128 e. The average Bonchev–Trinajstić information content (AvgIpc) is 3.26. The third-order valence-electron chi connectivity index (χ3n) is 7.27. The van der Waals surface area contributed by atoms with Gasteiger partial charge in [0.05, 0.1) is 0 Å². The Labute approximate surface area is 123 Å². The summed E-state index contributed by atoms with van der Waals surface area (Å²) in [6, 6.07) is 9.59. The molecule has 0 heteroatoms. The van der Waals surface area contributed by atoms with Gasteiger partial charge in [0.2, 0.25) is 0 Å². The molecule has 1 aromatic rings. The molecule has 0 aromatic heterocycles. The van der Waals surface area contributed by atoms with Crippen LogP contribution in [-0.2, 0) is 0 Å². The molecule has 0 N–H and O–H groups in total. The highest BCUT2D eigenvalue weighted by molar-refractivity contribution is 5.36. The predicted molar refractivity (Wildman–Crippen MR) is 82.8 cm³/mol. The maximum absolute atomic E-state index is 2.49. The van der Waals surface area contributed by atoms with Crippen LogP contribution in [0.4, 0.5) is 0 Å². The van der Waals surface area contributed by atoms with Crippen molar-refractivity contribution in [1.29, 1.82) is 0 Å². The van der Waals surface area contributed by atoms with Crippen LogP contribution in [-0.4, -0.2) is 0 Å². The van der Waals surface area contributed by atoms with Crippen LogP contribution >= 0.6 is 0 Å². The van der Waals surface area contributed by atoms with E-state index in [1.807, 2.05) is 0 Å². The third kappa shape index (κ3) is 1.66. The van der Waals surface area contributed by atoms with Crippen LogP contribution in [0, 0.1) is 23.7 Å². The van der Waals surface area contributed by atoms with E-state index in [2.05, 4.69) is 24.3 Å². The van der Waals surface area contributed by atoms with Gasteiger partial charge in [-0.05, 0) is 85.2 Å². The molecule has 6 atom stereocenters. The number of benzene rings is 1. The number of hydrogen-bond donors (Lipinski definition) is 0. The largest absolute Gasteiger partial charge is 0.0620 e. The molecule has 6 unspecified atom stereocenters. The molecule has 106 valence electrons. The van der Waals surface area contributed by atoms with Crippen molar-refractivity contribution >= 4 is 0 Å². The summed E-state index contributed by atoms with van der Waals surface area (Å²) in [5, 5.41) is 0. The molecule has 20 heavy (non-hydrogen) atoms. The third-order valence-corrected chi connectivity index (χ3v) is 7.27. The Morgan fingerprint density at radius 1 is 0.600 bits per heavy atom. The minimum absolute atomic E-state index is 0.920. The highest BCUT2D eigenvalue weighted by Crippen LogP contribution is 2.57. The van der Waals surface area contributed by atoms with Gasteiger partial charge in [-0.25, -0.2) is 0 Å². The molecule has 0 saturated heterocycles. The van der Waals surface area contributed by atoms with Crippen LogP contribution in [0.2, 0.25) is 0 Å². The van der Waals surface area contributed by atoms with Gasteiger partial charge in [-0.3, -0.25) is 0 Å². The van der Waals surface area contributed by atoms with Gasteiger partial charge in [0.25, 0.3) is 0 Å². The van der Waals surface area contributed by atoms with Crippen molar-refractivity contribution in [2.75, 3.05) is 0 Å². The Balaban J connectivity index is 1.50. The summed E-state index contributed by atoms with van der Waals surface area (Å²) >= 11 is 0. The lowest BCUT2D eigenvalue weighted by atomic mass is 9.75. The van der Waals surface area contributed by atoms with Crippen molar-refractivity contribution in [3.8, 4) is 0 Å². The first-order valence-corrected chi connectivity index (χ1v) is 8.97. The molecule has 4 aliphatic carbocycles.